The van der Waals surface area contributed by atoms with Gasteiger partial charge in [-0.1, -0.05) is 28.9 Å². The highest BCUT2D eigenvalue weighted by Gasteiger charge is 2.38. The highest BCUT2D eigenvalue weighted by molar-refractivity contribution is 7.88. The van der Waals surface area contributed by atoms with Gasteiger partial charge in [-0.15, -0.1) is 0 Å². The number of sulfonamides is 1. The average Bonchev–Trinajstić information content (AvgIpc) is 2.94. The van der Waals surface area contributed by atoms with Crippen molar-refractivity contribution in [3.63, 3.8) is 0 Å². The molecule has 8 heteroatoms. The first kappa shape index (κ1) is 18.4. The fraction of sp³-hybridized carbons (Fsp3) is 0.471. The molecule has 1 aliphatic rings. The molecule has 0 amide bonds. The van der Waals surface area contributed by atoms with Crippen molar-refractivity contribution in [1.29, 1.82) is 0 Å². The van der Waals surface area contributed by atoms with E-state index in [2.05, 4.69) is 5.16 Å². The lowest BCUT2D eigenvalue weighted by molar-refractivity contribution is 0.0888. The van der Waals surface area contributed by atoms with Gasteiger partial charge in [0.05, 0.1) is 0 Å². The third kappa shape index (κ3) is 4.59. The summed E-state index contributed by atoms with van der Waals surface area (Å²) in [4.78, 5) is 0. The normalized spacial score (nSPS) is 18.4. The summed E-state index contributed by atoms with van der Waals surface area (Å²) in [5, 5.41) is 4.33. The van der Waals surface area contributed by atoms with E-state index in [1.165, 1.54) is 4.31 Å². The highest BCUT2D eigenvalue weighted by atomic mass is 35.5. The summed E-state index contributed by atoms with van der Waals surface area (Å²) in [5.41, 5.74) is -0.165. The van der Waals surface area contributed by atoms with Crippen molar-refractivity contribution < 1.29 is 17.3 Å². The first-order chi connectivity index (χ1) is 11.8. The quantitative estimate of drug-likeness (QED) is 0.788. The highest BCUT2D eigenvalue weighted by Crippen LogP contribution is 2.32. The molecular formula is C17H20ClFN2O3S. The van der Waals surface area contributed by atoms with Crippen LogP contribution in [0.2, 0.25) is 5.02 Å². The largest absolute Gasteiger partial charge is 0.361 e. The van der Waals surface area contributed by atoms with Gasteiger partial charge in [-0.3, -0.25) is 0 Å². The zero-order valence-electron chi connectivity index (χ0n) is 13.9. The molecule has 0 saturated carbocycles. The number of benzene rings is 1. The number of hydrogen-bond donors (Lipinski definition) is 0. The number of alkyl halides is 1. The second kappa shape index (κ2) is 7.05. The van der Waals surface area contributed by atoms with Crippen LogP contribution in [0.15, 0.2) is 34.9 Å². The Hall–Kier alpha value is -1.44. The van der Waals surface area contributed by atoms with Crippen molar-refractivity contribution in [2.24, 2.45) is 0 Å². The molecule has 136 valence electrons. The number of piperidine rings is 1. The molecule has 2 aromatic rings. The van der Waals surface area contributed by atoms with Crippen molar-refractivity contribution in [1.82, 2.24) is 9.46 Å². The van der Waals surface area contributed by atoms with Crippen molar-refractivity contribution >= 4 is 21.6 Å². The van der Waals surface area contributed by atoms with E-state index < -0.39 is 15.7 Å². The molecule has 0 aliphatic carbocycles. The van der Waals surface area contributed by atoms with E-state index in [9.17, 15) is 8.42 Å². The summed E-state index contributed by atoms with van der Waals surface area (Å²) in [6, 6.07) is 8.68. The molecular weight excluding hydrogens is 367 g/mol. The summed E-state index contributed by atoms with van der Waals surface area (Å²) in [5.74, 6) is 0.343. The zero-order valence-corrected chi connectivity index (χ0v) is 15.5. The molecule has 1 saturated heterocycles. The van der Waals surface area contributed by atoms with Gasteiger partial charge in [0.15, 0.2) is 0 Å². The standard InChI is InChI=1S/C17H20ClFN2O3S/c1-13-10-16(20-24-13)12-25(22,23)21-8-6-17(19,7-9-21)11-14-2-4-15(18)5-3-14/h2-5,10H,6-9,11-12H2,1H3. The molecule has 1 fully saturated rings. The van der Waals surface area contributed by atoms with Gasteiger partial charge in [0.2, 0.25) is 10.0 Å². The van der Waals surface area contributed by atoms with E-state index in [-0.39, 0.29) is 38.1 Å². The molecule has 1 aromatic carbocycles. The van der Waals surface area contributed by atoms with Crippen LogP contribution in [0.1, 0.15) is 29.9 Å². The maximum atomic E-state index is 15.1. The smallest absolute Gasteiger partial charge is 0.219 e. The van der Waals surface area contributed by atoms with Gasteiger partial charge in [0.25, 0.3) is 0 Å². The molecule has 1 aromatic heterocycles. The van der Waals surface area contributed by atoms with E-state index in [4.69, 9.17) is 16.1 Å². The molecule has 0 spiro atoms. The Labute approximate surface area is 151 Å². The predicted molar refractivity (Wildman–Crippen MR) is 93.7 cm³/mol. The first-order valence-electron chi connectivity index (χ1n) is 8.09. The Morgan fingerprint density at radius 1 is 1.28 bits per heavy atom. The van der Waals surface area contributed by atoms with Crippen molar-refractivity contribution in [2.45, 2.75) is 37.6 Å². The summed E-state index contributed by atoms with van der Waals surface area (Å²) in [7, 11) is -3.52. The average molecular weight is 387 g/mol. The summed E-state index contributed by atoms with van der Waals surface area (Å²) >= 11 is 5.85. The minimum atomic E-state index is -3.52. The Balaban J connectivity index is 1.61. The Morgan fingerprint density at radius 2 is 1.92 bits per heavy atom. The summed E-state index contributed by atoms with van der Waals surface area (Å²) in [6.07, 6.45) is 0.611. The predicted octanol–water partition coefficient (Wildman–Crippen LogP) is 3.51. The van der Waals surface area contributed by atoms with Crippen LogP contribution in [0.4, 0.5) is 4.39 Å². The van der Waals surface area contributed by atoms with Crippen LogP contribution in [0.3, 0.4) is 0 Å². The van der Waals surface area contributed by atoms with Crippen LogP contribution < -0.4 is 0 Å². The Bertz CT molecular complexity index is 828. The molecule has 0 unspecified atom stereocenters. The van der Waals surface area contributed by atoms with Gasteiger partial charge in [0.1, 0.15) is 22.9 Å². The van der Waals surface area contributed by atoms with Crippen molar-refractivity contribution in [2.75, 3.05) is 13.1 Å². The Kier molecular flexibility index (Phi) is 5.18. The molecule has 0 N–H and O–H groups in total. The number of rotatable bonds is 5. The molecule has 0 bridgehead atoms. The van der Waals surface area contributed by atoms with Crippen LogP contribution in [0, 0.1) is 6.92 Å². The second-order valence-electron chi connectivity index (χ2n) is 6.54. The molecule has 25 heavy (non-hydrogen) atoms. The van der Waals surface area contributed by atoms with E-state index in [1.54, 1.807) is 37.3 Å². The number of aromatic nitrogens is 1. The van der Waals surface area contributed by atoms with Crippen LogP contribution in [-0.2, 0) is 22.2 Å². The molecule has 2 heterocycles. The maximum Gasteiger partial charge on any atom is 0.219 e. The fourth-order valence-corrected chi connectivity index (χ4v) is 4.63. The second-order valence-corrected chi connectivity index (χ2v) is 8.94. The minimum Gasteiger partial charge on any atom is -0.361 e. The minimum absolute atomic E-state index is 0.170. The zero-order chi connectivity index (χ0) is 18.1. The van der Waals surface area contributed by atoms with Gasteiger partial charge in [-0.2, -0.15) is 0 Å². The molecule has 5 nitrogen and oxygen atoms in total. The molecule has 1 aliphatic heterocycles. The van der Waals surface area contributed by atoms with Crippen LogP contribution in [-0.4, -0.2) is 36.6 Å². The van der Waals surface area contributed by atoms with Crippen LogP contribution in [0.25, 0.3) is 0 Å². The number of halogens is 2. The third-order valence-electron chi connectivity index (χ3n) is 4.45. The lowest BCUT2D eigenvalue weighted by Gasteiger charge is -2.35. The van der Waals surface area contributed by atoms with E-state index in [1.807, 2.05) is 0 Å². The van der Waals surface area contributed by atoms with Gasteiger partial charge < -0.3 is 4.52 Å². The van der Waals surface area contributed by atoms with E-state index in [0.717, 1.165) is 5.56 Å². The van der Waals surface area contributed by atoms with Crippen LogP contribution >= 0.6 is 11.6 Å². The SMILES string of the molecule is Cc1cc(CS(=O)(=O)N2CCC(F)(Cc3ccc(Cl)cc3)CC2)no1. The maximum absolute atomic E-state index is 15.1. The molecule has 0 radical (unpaired) electrons. The van der Waals surface area contributed by atoms with Crippen LogP contribution in [0.5, 0.6) is 0 Å². The fourth-order valence-electron chi connectivity index (χ4n) is 3.07. The number of hydrogen-bond acceptors (Lipinski definition) is 4. The first-order valence-corrected chi connectivity index (χ1v) is 10.1. The van der Waals surface area contributed by atoms with E-state index in [0.29, 0.717) is 16.5 Å². The summed E-state index contributed by atoms with van der Waals surface area (Å²) < 4.78 is 46.3. The Morgan fingerprint density at radius 3 is 2.48 bits per heavy atom. The molecule has 0 atom stereocenters. The lowest BCUT2D eigenvalue weighted by atomic mass is 9.88. The lowest BCUT2D eigenvalue weighted by Crippen LogP contribution is -2.45. The number of nitrogens with zero attached hydrogens (tertiary/aromatic N) is 2. The van der Waals surface area contributed by atoms with Gasteiger partial charge >= 0.3 is 0 Å². The van der Waals surface area contributed by atoms with Crippen molar-refractivity contribution in [3.05, 3.63) is 52.4 Å². The van der Waals surface area contributed by atoms with Gasteiger partial charge in [0, 0.05) is 30.6 Å². The van der Waals surface area contributed by atoms with Gasteiger partial charge in [-0.25, -0.2) is 17.1 Å². The van der Waals surface area contributed by atoms with Gasteiger partial charge in [-0.05, 0) is 37.5 Å². The van der Waals surface area contributed by atoms with Crippen molar-refractivity contribution in [3.8, 4) is 0 Å². The molecule has 3 rings (SSSR count). The summed E-state index contributed by atoms with van der Waals surface area (Å²) in [6.45, 7) is 2.05. The topological polar surface area (TPSA) is 63.4 Å². The van der Waals surface area contributed by atoms with E-state index >= 15 is 4.39 Å². The third-order valence-corrected chi connectivity index (χ3v) is 6.52. The number of aryl methyl sites for hydroxylation is 1. The monoisotopic (exact) mass is 386 g/mol.